The number of rotatable bonds is 1. The van der Waals surface area contributed by atoms with Crippen LogP contribution < -0.4 is 0 Å². The van der Waals surface area contributed by atoms with Gasteiger partial charge >= 0.3 is 6.09 Å². The van der Waals surface area contributed by atoms with E-state index >= 15 is 0 Å². The second-order valence-corrected chi connectivity index (χ2v) is 6.70. The molecule has 6 heteroatoms. The van der Waals surface area contributed by atoms with Crippen molar-refractivity contribution in [2.75, 3.05) is 13.1 Å². The number of hydrogen-bond acceptors (Lipinski definition) is 5. The average Bonchev–Trinajstić information content (AvgIpc) is 2.47. The van der Waals surface area contributed by atoms with Gasteiger partial charge in [0.15, 0.2) is 0 Å². The molecule has 0 spiro atoms. The third-order valence-electron chi connectivity index (χ3n) is 3.45. The third kappa shape index (κ3) is 7.72. The first-order valence-electron chi connectivity index (χ1n) is 7.90. The third-order valence-corrected chi connectivity index (χ3v) is 3.45. The Bertz CT molecular complexity index is 504. The Balaban J connectivity index is 0.000000313. The van der Waals surface area contributed by atoms with Gasteiger partial charge in [0.1, 0.15) is 17.7 Å². The molecule has 1 amide bonds. The topological polar surface area (TPSA) is 72.4 Å². The number of piperidine rings is 1. The lowest BCUT2D eigenvalue weighted by Gasteiger charge is -2.32. The largest absolute Gasteiger partial charge is 0.444 e. The Morgan fingerprint density at radius 3 is 2.22 bits per heavy atom. The second-order valence-electron chi connectivity index (χ2n) is 6.70. The number of carbonyl (C=O) groups is 2. The number of hydrogen-bond donors (Lipinski definition) is 0. The SMILES string of the molecule is CC(=O)C1CCN(C(=O)OC(C)(C)C)CC1.Cc1ccncn1. The molecule has 0 radical (unpaired) electrons. The highest BCUT2D eigenvalue weighted by Crippen LogP contribution is 2.20. The maximum absolute atomic E-state index is 11.7. The van der Waals surface area contributed by atoms with E-state index in [-0.39, 0.29) is 17.8 Å². The van der Waals surface area contributed by atoms with Crippen molar-refractivity contribution in [3.63, 3.8) is 0 Å². The zero-order chi connectivity index (χ0) is 17.5. The summed E-state index contributed by atoms with van der Waals surface area (Å²) in [5, 5.41) is 0. The molecule has 0 aromatic carbocycles. The Hall–Kier alpha value is -1.98. The molecule has 1 fully saturated rings. The molecule has 0 aliphatic carbocycles. The van der Waals surface area contributed by atoms with Gasteiger partial charge < -0.3 is 9.64 Å². The van der Waals surface area contributed by atoms with Crippen molar-refractivity contribution in [2.24, 2.45) is 5.92 Å². The summed E-state index contributed by atoms with van der Waals surface area (Å²) in [5.74, 6) is 0.350. The number of Topliss-reactive ketones (excluding diaryl/α,β-unsaturated/α-hetero) is 1. The van der Waals surface area contributed by atoms with Crippen molar-refractivity contribution in [3.8, 4) is 0 Å². The molecular formula is C17H27N3O3. The Kier molecular flexibility index (Phi) is 7.13. The highest BCUT2D eigenvalue weighted by atomic mass is 16.6. The van der Waals surface area contributed by atoms with Gasteiger partial charge in [-0.25, -0.2) is 14.8 Å². The summed E-state index contributed by atoms with van der Waals surface area (Å²) in [4.78, 5) is 32.2. The molecule has 0 atom stereocenters. The predicted molar refractivity (Wildman–Crippen MR) is 88.0 cm³/mol. The van der Waals surface area contributed by atoms with Crippen LogP contribution in [0.5, 0.6) is 0 Å². The average molecular weight is 321 g/mol. The predicted octanol–water partition coefficient (Wildman–Crippen LogP) is 3.01. The van der Waals surface area contributed by atoms with Crippen molar-refractivity contribution >= 4 is 11.9 Å². The van der Waals surface area contributed by atoms with E-state index in [0.717, 1.165) is 18.5 Å². The number of nitrogens with zero attached hydrogens (tertiary/aromatic N) is 3. The molecule has 23 heavy (non-hydrogen) atoms. The van der Waals surface area contributed by atoms with Crippen molar-refractivity contribution < 1.29 is 14.3 Å². The first-order valence-corrected chi connectivity index (χ1v) is 7.90. The molecule has 1 aliphatic heterocycles. The first kappa shape index (κ1) is 19.1. The lowest BCUT2D eigenvalue weighted by molar-refractivity contribution is -0.122. The van der Waals surface area contributed by atoms with Crippen molar-refractivity contribution in [1.82, 2.24) is 14.9 Å². The van der Waals surface area contributed by atoms with E-state index in [1.165, 1.54) is 6.33 Å². The number of amides is 1. The second kappa shape index (κ2) is 8.60. The van der Waals surface area contributed by atoms with Gasteiger partial charge in [0, 0.05) is 30.9 Å². The summed E-state index contributed by atoms with van der Waals surface area (Å²) in [6, 6.07) is 1.86. The molecule has 128 valence electrons. The summed E-state index contributed by atoms with van der Waals surface area (Å²) in [6.45, 7) is 10.4. The molecule has 0 saturated carbocycles. The van der Waals surface area contributed by atoms with E-state index < -0.39 is 5.60 Å². The Labute approximate surface area is 138 Å². The summed E-state index contributed by atoms with van der Waals surface area (Å²) in [6.07, 6.45) is 4.51. The molecule has 1 aromatic heterocycles. The number of aryl methyl sites for hydroxylation is 1. The number of likely N-dealkylation sites (tertiary alicyclic amines) is 1. The summed E-state index contributed by atoms with van der Waals surface area (Å²) in [7, 11) is 0. The molecule has 6 nitrogen and oxygen atoms in total. The lowest BCUT2D eigenvalue weighted by Crippen LogP contribution is -2.42. The van der Waals surface area contributed by atoms with Crippen LogP contribution in [-0.2, 0) is 9.53 Å². The fourth-order valence-corrected chi connectivity index (χ4v) is 2.15. The van der Waals surface area contributed by atoms with Gasteiger partial charge in [-0.3, -0.25) is 4.79 Å². The molecular weight excluding hydrogens is 294 g/mol. The quantitative estimate of drug-likeness (QED) is 0.795. The molecule has 2 heterocycles. The minimum absolute atomic E-state index is 0.124. The van der Waals surface area contributed by atoms with E-state index in [1.807, 2.05) is 33.8 Å². The smallest absolute Gasteiger partial charge is 0.410 e. The van der Waals surface area contributed by atoms with Crippen LogP contribution in [0.4, 0.5) is 4.79 Å². The van der Waals surface area contributed by atoms with E-state index in [9.17, 15) is 9.59 Å². The van der Waals surface area contributed by atoms with Crippen LogP contribution in [0.1, 0.15) is 46.2 Å². The van der Waals surface area contributed by atoms with Gasteiger partial charge in [-0.1, -0.05) is 0 Å². The minimum Gasteiger partial charge on any atom is -0.444 e. The van der Waals surface area contributed by atoms with Crippen LogP contribution in [0.2, 0.25) is 0 Å². The molecule has 0 unspecified atom stereocenters. The van der Waals surface area contributed by atoms with E-state index in [2.05, 4.69) is 9.97 Å². The van der Waals surface area contributed by atoms with Gasteiger partial charge in [-0.15, -0.1) is 0 Å². The summed E-state index contributed by atoms with van der Waals surface area (Å²) < 4.78 is 5.27. The van der Waals surface area contributed by atoms with Gasteiger partial charge in [0.05, 0.1) is 0 Å². The zero-order valence-electron chi connectivity index (χ0n) is 14.7. The van der Waals surface area contributed by atoms with E-state index in [1.54, 1.807) is 18.0 Å². The van der Waals surface area contributed by atoms with Gasteiger partial charge in [-0.2, -0.15) is 0 Å². The van der Waals surface area contributed by atoms with Crippen LogP contribution >= 0.6 is 0 Å². The van der Waals surface area contributed by atoms with Gasteiger partial charge in [-0.05, 0) is 53.5 Å². The Morgan fingerprint density at radius 1 is 1.26 bits per heavy atom. The van der Waals surface area contributed by atoms with Crippen molar-refractivity contribution in [3.05, 3.63) is 24.3 Å². The number of aromatic nitrogens is 2. The molecule has 1 aromatic rings. The summed E-state index contributed by atoms with van der Waals surface area (Å²) in [5.41, 5.74) is 0.559. The minimum atomic E-state index is -0.450. The Morgan fingerprint density at radius 2 is 1.87 bits per heavy atom. The molecule has 0 bridgehead atoms. The van der Waals surface area contributed by atoms with Crippen LogP contribution in [-0.4, -0.2) is 45.4 Å². The highest BCUT2D eigenvalue weighted by molar-refractivity contribution is 5.78. The first-order chi connectivity index (χ1) is 10.7. The lowest BCUT2D eigenvalue weighted by atomic mass is 9.94. The molecule has 1 saturated heterocycles. The van der Waals surface area contributed by atoms with Crippen LogP contribution in [0.25, 0.3) is 0 Å². The monoisotopic (exact) mass is 321 g/mol. The molecule has 1 aliphatic rings. The fourth-order valence-electron chi connectivity index (χ4n) is 2.15. The number of carbonyl (C=O) groups excluding carboxylic acids is 2. The van der Waals surface area contributed by atoms with E-state index in [0.29, 0.717) is 13.1 Å². The van der Waals surface area contributed by atoms with Crippen molar-refractivity contribution in [2.45, 2.75) is 53.1 Å². The molecule has 2 rings (SSSR count). The molecule has 0 N–H and O–H groups in total. The standard InChI is InChI=1S/C12H21NO3.C5H6N2/c1-9(14)10-5-7-13(8-6-10)11(15)16-12(2,3)4;1-5-2-3-6-4-7-5/h10H,5-8H2,1-4H3;2-4H,1H3. The highest BCUT2D eigenvalue weighted by Gasteiger charge is 2.28. The van der Waals surface area contributed by atoms with E-state index in [4.69, 9.17) is 4.74 Å². The van der Waals surface area contributed by atoms with Gasteiger partial charge in [0.2, 0.25) is 0 Å². The number of ether oxygens (including phenoxy) is 1. The van der Waals surface area contributed by atoms with Crippen LogP contribution in [0, 0.1) is 12.8 Å². The zero-order valence-corrected chi connectivity index (χ0v) is 14.7. The van der Waals surface area contributed by atoms with Crippen LogP contribution in [0.15, 0.2) is 18.6 Å². The fraction of sp³-hybridized carbons (Fsp3) is 0.647. The van der Waals surface area contributed by atoms with Gasteiger partial charge in [0.25, 0.3) is 0 Å². The van der Waals surface area contributed by atoms with Crippen LogP contribution in [0.3, 0.4) is 0 Å². The number of ketones is 1. The maximum Gasteiger partial charge on any atom is 0.410 e. The van der Waals surface area contributed by atoms with Crippen molar-refractivity contribution in [1.29, 1.82) is 0 Å². The maximum atomic E-state index is 11.7. The normalized spacial score (nSPS) is 15.4. The summed E-state index contributed by atoms with van der Waals surface area (Å²) >= 11 is 0.